The van der Waals surface area contributed by atoms with Crippen molar-refractivity contribution in [1.82, 2.24) is 0 Å². The standard InChI is InChI=1S/C61H50O2/c1-60(2)51-31-28-38(55-45-20-12-14-22-47(45)57(48-23-15-13-21-46(48)55)61(3)33-32-37-16-10-11-17-40(37)36-61)26-29-41(51)42-30-27-39(34-52(42)60)56-58-49(43-18-6-4-8-24-53(43)62-58)35-50-44-19-7-5-9-25-54(44)63-59(50)56/h8-17,20-27,29-32,34-36H,4-7,18-19,28,33H2,1-3H3. The van der Waals surface area contributed by atoms with Crippen LogP contribution in [0.25, 0.3) is 90.1 Å². The number of furan rings is 2. The van der Waals surface area contributed by atoms with E-state index in [0.29, 0.717) is 0 Å². The van der Waals surface area contributed by atoms with Gasteiger partial charge in [0.05, 0.1) is 5.56 Å². The molecule has 1 unspecified atom stereocenters. The zero-order valence-electron chi connectivity index (χ0n) is 36.4. The molecule has 6 aromatic carbocycles. The van der Waals surface area contributed by atoms with Crippen LogP contribution < -0.4 is 10.4 Å². The lowest BCUT2D eigenvalue weighted by atomic mass is 9.71. The maximum Gasteiger partial charge on any atom is 0.146 e. The molecule has 0 fully saturated rings. The van der Waals surface area contributed by atoms with Crippen LogP contribution in [0.4, 0.5) is 0 Å². The third kappa shape index (κ3) is 5.43. The van der Waals surface area contributed by atoms with Gasteiger partial charge in [-0.05, 0) is 152 Å². The zero-order valence-corrected chi connectivity index (χ0v) is 36.4. The maximum atomic E-state index is 6.88. The van der Waals surface area contributed by atoms with Crippen LogP contribution in [0.5, 0.6) is 0 Å². The highest BCUT2D eigenvalue weighted by Gasteiger charge is 2.39. The minimum atomic E-state index is -0.203. The molecular weight excluding hydrogens is 765 g/mol. The van der Waals surface area contributed by atoms with E-state index in [0.717, 1.165) is 85.2 Å². The highest BCUT2D eigenvalue weighted by atomic mass is 16.3. The van der Waals surface area contributed by atoms with Gasteiger partial charge in [-0.2, -0.15) is 0 Å². The summed E-state index contributed by atoms with van der Waals surface area (Å²) in [7, 11) is 0. The van der Waals surface area contributed by atoms with Gasteiger partial charge in [0, 0.05) is 32.7 Å². The van der Waals surface area contributed by atoms with Crippen LogP contribution in [0.1, 0.15) is 104 Å². The van der Waals surface area contributed by atoms with E-state index in [1.807, 2.05) is 0 Å². The Morgan fingerprint density at radius 2 is 1.19 bits per heavy atom. The summed E-state index contributed by atoms with van der Waals surface area (Å²) in [5.41, 5.74) is 16.0. The number of rotatable bonds is 3. The van der Waals surface area contributed by atoms with Crippen LogP contribution >= 0.6 is 0 Å². The molecule has 0 N–H and O–H groups in total. The van der Waals surface area contributed by atoms with Crippen molar-refractivity contribution in [3.05, 3.63) is 188 Å². The molecule has 2 heterocycles. The van der Waals surface area contributed by atoms with Gasteiger partial charge < -0.3 is 8.83 Å². The molecule has 0 spiro atoms. The normalized spacial score (nSPS) is 19.8. The summed E-state index contributed by atoms with van der Waals surface area (Å²) < 4.78 is 13.8. The van der Waals surface area contributed by atoms with E-state index in [-0.39, 0.29) is 10.8 Å². The summed E-state index contributed by atoms with van der Waals surface area (Å²) >= 11 is 0. The van der Waals surface area contributed by atoms with E-state index in [1.54, 1.807) is 0 Å². The van der Waals surface area contributed by atoms with Gasteiger partial charge >= 0.3 is 0 Å². The number of aryl methyl sites for hydroxylation is 2. The van der Waals surface area contributed by atoms with Crippen molar-refractivity contribution in [2.75, 3.05) is 0 Å². The fourth-order valence-electron chi connectivity index (χ4n) is 12.2. The second-order valence-corrected chi connectivity index (χ2v) is 19.4. The van der Waals surface area contributed by atoms with Gasteiger partial charge in [0.25, 0.3) is 0 Å². The van der Waals surface area contributed by atoms with Gasteiger partial charge in [-0.1, -0.05) is 148 Å². The second kappa shape index (κ2) is 13.7. The number of benzene rings is 6. The molecule has 0 aliphatic heterocycles. The van der Waals surface area contributed by atoms with E-state index in [9.17, 15) is 0 Å². The Morgan fingerprint density at radius 1 is 0.571 bits per heavy atom. The minimum absolute atomic E-state index is 0.145. The predicted octanol–water partition coefficient (Wildman–Crippen LogP) is 14.9. The quantitative estimate of drug-likeness (QED) is 0.166. The molecule has 2 nitrogen and oxygen atoms in total. The molecule has 13 rings (SSSR count). The third-order valence-electron chi connectivity index (χ3n) is 15.3. The molecule has 2 heteroatoms. The molecule has 1 atom stereocenters. The molecule has 5 aliphatic rings. The summed E-state index contributed by atoms with van der Waals surface area (Å²) in [4.78, 5) is 0. The SMILES string of the molecule is CC1(c2c3ccccc3c(C3=CC=C4C(=CC3)C(C)(C)c3cc(-c5c6oc7c(c6cc6c8c(oc56)C=CCCC8)CCCC=C7)ccc34)c3ccccc23)C=c2ccccc2=CC1. The van der Waals surface area contributed by atoms with Crippen LogP contribution in [-0.4, -0.2) is 0 Å². The van der Waals surface area contributed by atoms with E-state index < -0.39 is 0 Å². The Balaban J connectivity index is 0.973. The van der Waals surface area contributed by atoms with Gasteiger partial charge in [0.1, 0.15) is 22.7 Å². The van der Waals surface area contributed by atoms with Crippen LogP contribution in [0.2, 0.25) is 0 Å². The summed E-state index contributed by atoms with van der Waals surface area (Å²) in [6, 6.07) is 36.7. The summed E-state index contributed by atoms with van der Waals surface area (Å²) in [6.07, 6.45) is 29.6. The van der Waals surface area contributed by atoms with E-state index >= 15 is 0 Å². The topological polar surface area (TPSA) is 26.3 Å². The predicted molar refractivity (Wildman–Crippen MR) is 265 cm³/mol. The molecule has 63 heavy (non-hydrogen) atoms. The first kappa shape index (κ1) is 37.0. The Hall–Kier alpha value is -6.64. The van der Waals surface area contributed by atoms with Gasteiger partial charge in [0.2, 0.25) is 0 Å². The Labute approximate surface area is 368 Å². The molecule has 306 valence electrons. The largest absolute Gasteiger partial charge is 0.456 e. The smallest absolute Gasteiger partial charge is 0.146 e. The maximum absolute atomic E-state index is 6.88. The first-order valence-electron chi connectivity index (χ1n) is 23.2. The molecule has 8 aromatic rings. The van der Waals surface area contributed by atoms with E-state index in [1.165, 1.54) is 92.9 Å². The summed E-state index contributed by atoms with van der Waals surface area (Å²) in [6.45, 7) is 7.27. The zero-order chi connectivity index (χ0) is 42.0. The first-order valence-corrected chi connectivity index (χ1v) is 23.2. The van der Waals surface area contributed by atoms with Crippen LogP contribution in [0.3, 0.4) is 0 Å². The fourth-order valence-corrected chi connectivity index (χ4v) is 12.2. The highest BCUT2D eigenvalue weighted by Crippen LogP contribution is 2.54. The molecule has 0 amide bonds. The van der Waals surface area contributed by atoms with Crippen molar-refractivity contribution in [2.45, 2.75) is 83.0 Å². The summed E-state index contributed by atoms with van der Waals surface area (Å²) in [5.74, 6) is 2.01. The van der Waals surface area contributed by atoms with Gasteiger partial charge in [-0.3, -0.25) is 0 Å². The highest BCUT2D eigenvalue weighted by molar-refractivity contribution is 6.14. The molecule has 5 aliphatic carbocycles. The average Bonchev–Trinajstić information content (AvgIpc) is 3.57. The van der Waals surface area contributed by atoms with E-state index in [2.05, 4.69) is 173 Å². The van der Waals surface area contributed by atoms with Crippen molar-refractivity contribution < 1.29 is 8.83 Å². The number of allylic oxidation sites excluding steroid dienone is 8. The fraction of sp³-hybridized carbons (Fsp3) is 0.213. The lowest BCUT2D eigenvalue weighted by molar-refractivity contribution is 0.590. The molecule has 0 bridgehead atoms. The van der Waals surface area contributed by atoms with Crippen molar-refractivity contribution in [2.24, 2.45) is 0 Å². The Kier molecular flexibility index (Phi) is 8.03. The van der Waals surface area contributed by atoms with Crippen molar-refractivity contribution in [3.8, 4) is 11.1 Å². The van der Waals surface area contributed by atoms with Gasteiger partial charge in [-0.25, -0.2) is 0 Å². The molecule has 0 saturated heterocycles. The van der Waals surface area contributed by atoms with Crippen LogP contribution in [0, 0.1) is 0 Å². The Bertz CT molecular complexity index is 3470. The van der Waals surface area contributed by atoms with Crippen molar-refractivity contribution in [3.63, 3.8) is 0 Å². The lowest BCUT2D eigenvalue weighted by Gasteiger charge is -2.32. The average molecular weight is 815 g/mol. The van der Waals surface area contributed by atoms with Crippen molar-refractivity contribution in [1.29, 1.82) is 0 Å². The van der Waals surface area contributed by atoms with Crippen molar-refractivity contribution >= 4 is 78.9 Å². The van der Waals surface area contributed by atoms with Gasteiger partial charge in [-0.15, -0.1) is 0 Å². The Morgan fingerprint density at radius 3 is 1.86 bits per heavy atom. The number of hydrogen-bond acceptors (Lipinski definition) is 2. The minimum Gasteiger partial charge on any atom is -0.456 e. The molecule has 2 aromatic heterocycles. The molecule has 0 radical (unpaired) electrons. The lowest BCUT2D eigenvalue weighted by Crippen LogP contribution is -2.34. The number of hydrogen-bond donors (Lipinski definition) is 0. The summed E-state index contributed by atoms with van der Waals surface area (Å²) in [5, 5.41) is 10.5. The third-order valence-corrected chi connectivity index (χ3v) is 15.3. The second-order valence-electron chi connectivity index (χ2n) is 19.4. The van der Waals surface area contributed by atoms with Crippen LogP contribution in [0.15, 0.2) is 142 Å². The first-order chi connectivity index (χ1) is 30.9. The number of fused-ring (bicyclic) bond motifs is 12. The molecular formula is C61H50O2. The van der Waals surface area contributed by atoms with E-state index in [4.69, 9.17) is 8.83 Å². The molecule has 0 saturated carbocycles. The monoisotopic (exact) mass is 814 g/mol. The van der Waals surface area contributed by atoms with Gasteiger partial charge in [0.15, 0.2) is 0 Å². The van der Waals surface area contributed by atoms with Crippen LogP contribution in [-0.2, 0) is 23.7 Å².